The van der Waals surface area contributed by atoms with Crippen LogP contribution in [0, 0.1) is 5.92 Å². The molecule has 0 radical (unpaired) electrons. The summed E-state index contributed by atoms with van der Waals surface area (Å²) in [6.45, 7) is 5.97. The van der Waals surface area contributed by atoms with Crippen molar-refractivity contribution in [1.82, 2.24) is 10.6 Å². The maximum atomic E-state index is 12.0. The normalized spacial score (nSPS) is 29.5. The highest BCUT2D eigenvalue weighted by atomic mass is 16.1. The lowest BCUT2D eigenvalue weighted by molar-refractivity contribution is -0.118. The van der Waals surface area contributed by atoms with Crippen molar-refractivity contribution in [3.8, 4) is 0 Å². The van der Waals surface area contributed by atoms with Gasteiger partial charge in [-0.3, -0.25) is 4.79 Å². The number of nitrogens with one attached hydrogen (secondary N) is 2. The van der Waals surface area contributed by atoms with Crippen LogP contribution in [0.15, 0.2) is 11.1 Å². The first-order valence-corrected chi connectivity index (χ1v) is 6.38. The second-order valence-electron chi connectivity index (χ2n) is 5.17. The summed E-state index contributed by atoms with van der Waals surface area (Å²) in [4.78, 5) is 12.0. The van der Waals surface area contributed by atoms with Crippen molar-refractivity contribution in [1.29, 1.82) is 0 Å². The molecule has 0 aromatic heterocycles. The van der Waals surface area contributed by atoms with E-state index in [0.717, 1.165) is 25.1 Å². The Labute approximate surface area is 97.7 Å². The molecule has 2 atom stereocenters. The zero-order valence-electron chi connectivity index (χ0n) is 10.3. The molecule has 0 spiro atoms. The molecule has 0 bridgehead atoms. The van der Waals surface area contributed by atoms with E-state index in [0.29, 0.717) is 12.0 Å². The molecule has 1 saturated carbocycles. The van der Waals surface area contributed by atoms with Gasteiger partial charge in [0.15, 0.2) is 0 Å². The molecule has 16 heavy (non-hydrogen) atoms. The molecule has 1 heterocycles. The third kappa shape index (κ3) is 2.46. The predicted molar refractivity (Wildman–Crippen MR) is 65.1 cm³/mol. The number of rotatable bonds is 2. The van der Waals surface area contributed by atoms with E-state index in [1.807, 2.05) is 6.92 Å². The Morgan fingerprint density at radius 1 is 1.31 bits per heavy atom. The van der Waals surface area contributed by atoms with E-state index in [1.54, 1.807) is 0 Å². The van der Waals surface area contributed by atoms with Gasteiger partial charge < -0.3 is 10.6 Å². The Balaban J connectivity index is 1.91. The van der Waals surface area contributed by atoms with Crippen molar-refractivity contribution in [3.63, 3.8) is 0 Å². The summed E-state index contributed by atoms with van der Waals surface area (Å²) < 4.78 is 0. The summed E-state index contributed by atoms with van der Waals surface area (Å²) in [5.74, 6) is 0.783. The van der Waals surface area contributed by atoms with Crippen molar-refractivity contribution in [2.45, 2.75) is 45.6 Å². The maximum absolute atomic E-state index is 12.0. The highest BCUT2D eigenvalue weighted by Gasteiger charge is 2.24. The minimum absolute atomic E-state index is 0.148. The van der Waals surface area contributed by atoms with E-state index < -0.39 is 0 Å². The van der Waals surface area contributed by atoms with Gasteiger partial charge in [-0.1, -0.05) is 19.8 Å². The molecule has 3 heteroatoms. The molecule has 2 unspecified atom stereocenters. The fourth-order valence-electron chi connectivity index (χ4n) is 2.48. The largest absolute Gasteiger partial charge is 0.349 e. The van der Waals surface area contributed by atoms with Gasteiger partial charge in [-0.25, -0.2) is 0 Å². The van der Waals surface area contributed by atoms with Crippen molar-refractivity contribution in [2.75, 3.05) is 13.1 Å². The highest BCUT2D eigenvalue weighted by Crippen LogP contribution is 2.24. The van der Waals surface area contributed by atoms with E-state index in [9.17, 15) is 4.79 Å². The average molecular weight is 222 g/mol. The fourth-order valence-corrected chi connectivity index (χ4v) is 2.48. The molecular formula is C13H22N2O. The smallest absolute Gasteiger partial charge is 0.247 e. The Bertz CT molecular complexity index is 303. The van der Waals surface area contributed by atoms with Gasteiger partial charge in [0.2, 0.25) is 5.91 Å². The van der Waals surface area contributed by atoms with E-state index in [4.69, 9.17) is 0 Å². The molecule has 2 rings (SSSR count). The second kappa shape index (κ2) is 5.00. The molecule has 0 aromatic rings. The summed E-state index contributed by atoms with van der Waals surface area (Å²) in [5, 5.41) is 6.36. The predicted octanol–water partition coefficient (Wildman–Crippen LogP) is 1.60. The molecular weight excluding hydrogens is 200 g/mol. The zero-order valence-corrected chi connectivity index (χ0v) is 10.3. The van der Waals surface area contributed by atoms with Crippen molar-refractivity contribution >= 4 is 5.91 Å². The van der Waals surface area contributed by atoms with Gasteiger partial charge in [0.05, 0.1) is 0 Å². The molecule has 1 amide bonds. The first-order valence-electron chi connectivity index (χ1n) is 6.38. The molecule has 1 saturated heterocycles. The van der Waals surface area contributed by atoms with Crippen LogP contribution in [0.2, 0.25) is 0 Å². The minimum Gasteiger partial charge on any atom is -0.349 e. The Morgan fingerprint density at radius 3 is 2.56 bits per heavy atom. The third-order valence-electron chi connectivity index (χ3n) is 3.98. The number of carbonyl (C=O) groups is 1. The zero-order chi connectivity index (χ0) is 11.5. The van der Waals surface area contributed by atoms with E-state index in [-0.39, 0.29) is 5.91 Å². The highest BCUT2D eigenvalue weighted by molar-refractivity contribution is 5.94. The molecule has 2 fully saturated rings. The quantitative estimate of drug-likeness (QED) is 0.697. The lowest BCUT2D eigenvalue weighted by Gasteiger charge is -2.30. The van der Waals surface area contributed by atoms with E-state index in [1.165, 1.54) is 24.8 Å². The molecule has 3 nitrogen and oxygen atoms in total. The number of hydrogen-bond acceptors (Lipinski definition) is 2. The number of hydrogen-bond donors (Lipinski definition) is 2. The van der Waals surface area contributed by atoms with Crippen LogP contribution in [0.25, 0.3) is 0 Å². The van der Waals surface area contributed by atoms with Crippen LogP contribution in [-0.2, 0) is 4.79 Å². The average Bonchev–Trinajstić information content (AvgIpc) is 2.18. The van der Waals surface area contributed by atoms with Crippen LogP contribution in [-0.4, -0.2) is 25.0 Å². The number of carbonyl (C=O) groups excluding carboxylic acids is 1. The molecule has 0 aromatic carbocycles. The maximum Gasteiger partial charge on any atom is 0.247 e. The van der Waals surface area contributed by atoms with Gasteiger partial charge in [-0.15, -0.1) is 0 Å². The first-order chi connectivity index (χ1) is 7.68. The van der Waals surface area contributed by atoms with Crippen LogP contribution in [0.5, 0.6) is 0 Å². The van der Waals surface area contributed by atoms with Gasteiger partial charge in [-0.05, 0) is 31.3 Å². The first kappa shape index (κ1) is 11.6. The topological polar surface area (TPSA) is 41.1 Å². The Kier molecular flexibility index (Phi) is 3.64. The van der Waals surface area contributed by atoms with Gasteiger partial charge in [0.25, 0.3) is 0 Å². The molecule has 1 aliphatic heterocycles. The molecule has 2 N–H and O–H groups in total. The van der Waals surface area contributed by atoms with Crippen molar-refractivity contribution in [3.05, 3.63) is 11.1 Å². The van der Waals surface area contributed by atoms with E-state index in [2.05, 4.69) is 17.6 Å². The van der Waals surface area contributed by atoms with Gasteiger partial charge in [0.1, 0.15) is 0 Å². The summed E-state index contributed by atoms with van der Waals surface area (Å²) in [6.07, 6.45) is 4.97. The van der Waals surface area contributed by atoms with Gasteiger partial charge in [-0.2, -0.15) is 0 Å². The summed E-state index contributed by atoms with van der Waals surface area (Å²) >= 11 is 0. The standard InChI is InChI=1S/C13H22N2O/c1-9-5-3-4-6-12(9)15-13(16)10(2)11-7-14-8-11/h9,12,14H,3-8H2,1-2H3,(H,15,16). The number of amides is 1. The van der Waals surface area contributed by atoms with Crippen LogP contribution >= 0.6 is 0 Å². The van der Waals surface area contributed by atoms with Gasteiger partial charge in [0, 0.05) is 24.7 Å². The minimum atomic E-state index is 0.148. The molecule has 2 aliphatic rings. The SMILES string of the molecule is CC(C(=O)NC1CCCCC1C)=C1CNC1. The molecule has 90 valence electrons. The van der Waals surface area contributed by atoms with E-state index >= 15 is 0 Å². The monoisotopic (exact) mass is 222 g/mol. The van der Waals surface area contributed by atoms with Gasteiger partial charge >= 0.3 is 0 Å². The van der Waals surface area contributed by atoms with Crippen LogP contribution in [0.1, 0.15) is 39.5 Å². The lowest BCUT2D eigenvalue weighted by atomic mass is 9.85. The Hall–Kier alpha value is -0.830. The summed E-state index contributed by atoms with van der Waals surface area (Å²) in [5.41, 5.74) is 2.19. The third-order valence-corrected chi connectivity index (χ3v) is 3.98. The lowest BCUT2D eigenvalue weighted by Crippen LogP contribution is -2.43. The van der Waals surface area contributed by atoms with Crippen molar-refractivity contribution in [2.24, 2.45) is 5.92 Å². The van der Waals surface area contributed by atoms with Crippen molar-refractivity contribution < 1.29 is 4.79 Å². The Morgan fingerprint density at radius 2 is 2.00 bits per heavy atom. The summed E-state index contributed by atoms with van der Waals surface area (Å²) in [7, 11) is 0. The van der Waals surface area contributed by atoms with Crippen LogP contribution in [0.4, 0.5) is 0 Å². The second-order valence-corrected chi connectivity index (χ2v) is 5.17. The summed E-state index contributed by atoms with van der Waals surface area (Å²) in [6, 6.07) is 0.393. The van der Waals surface area contributed by atoms with Crippen LogP contribution < -0.4 is 10.6 Å². The molecule has 1 aliphatic carbocycles. The van der Waals surface area contributed by atoms with Crippen LogP contribution in [0.3, 0.4) is 0 Å². The fraction of sp³-hybridized carbons (Fsp3) is 0.769.